The molecule has 0 unspecified atom stereocenters. The van der Waals surface area contributed by atoms with Crippen molar-refractivity contribution in [1.29, 1.82) is 0 Å². The van der Waals surface area contributed by atoms with Crippen molar-refractivity contribution >= 4 is 32.0 Å². The van der Waals surface area contributed by atoms with Gasteiger partial charge in [-0.05, 0) is 18.2 Å². The molecule has 0 aliphatic rings. The van der Waals surface area contributed by atoms with Crippen LogP contribution < -0.4 is 0 Å². The first kappa shape index (κ1) is 30.6. The summed E-state index contributed by atoms with van der Waals surface area (Å²) in [5.41, 5.74) is -2.21. The summed E-state index contributed by atoms with van der Waals surface area (Å²) in [7, 11) is 0. The largest absolute Gasteiger partial charge is 0.417 e. The Labute approximate surface area is 173 Å². The normalized spacial score (nSPS) is 9.82. The molecule has 0 saturated carbocycles. The average molecular weight is 597 g/mol. The van der Waals surface area contributed by atoms with Gasteiger partial charge in [-0.2, -0.15) is 26.3 Å². The summed E-state index contributed by atoms with van der Waals surface area (Å²) in [6, 6.07) is 2.38. The molecule has 0 atom stereocenters. The number of carbonyl (C=O) groups excluding carboxylic acids is 3. The molecule has 5 nitrogen and oxygen atoms in total. The maximum absolute atomic E-state index is 12.4. The number of alkyl halides is 6. The predicted molar refractivity (Wildman–Crippen MR) is 79.6 cm³/mol. The molecule has 13 heteroatoms. The number of aromatic nitrogens is 2. The maximum atomic E-state index is 12.4. The van der Waals surface area contributed by atoms with Crippen LogP contribution in [0.5, 0.6) is 0 Å². The Morgan fingerprint density at radius 1 is 0.750 bits per heavy atom. The van der Waals surface area contributed by atoms with E-state index in [1.807, 2.05) is 0 Å². The van der Waals surface area contributed by atoms with Gasteiger partial charge in [0.1, 0.15) is 5.69 Å². The minimum atomic E-state index is -4.61. The average Bonchev–Trinajstić information content (AvgIpc) is 2.65. The van der Waals surface area contributed by atoms with Crippen molar-refractivity contribution in [1.82, 2.24) is 9.97 Å². The van der Waals surface area contributed by atoms with Gasteiger partial charge in [0, 0.05) is 32.8 Å². The molecule has 0 saturated heterocycles. The van der Waals surface area contributed by atoms with E-state index in [4.69, 9.17) is 26.0 Å². The van der Waals surface area contributed by atoms with Crippen LogP contribution in [-0.2, 0) is 47.2 Å². The van der Waals surface area contributed by atoms with E-state index >= 15 is 0 Å². The number of pyridine rings is 2. The third-order valence-electron chi connectivity index (χ3n) is 2.50. The van der Waals surface area contributed by atoms with E-state index in [-0.39, 0.29) is 36.8 Å². The van der Waals surface area contributed by atoms with E-state index in [2.05, 4.69) is 30.3 Å². The SMILES string of the molecule is FC(F)(F)c1ccc(-c2ncc(C(F)(F)F)cc2Cl)nc1.[C]=O.[C]=O.[C]=O.[Re]. The van der Waals surface area contributed by atoms with Crippen LogP contribution in [0.1, 0.15) is 11.1 Å². The van der Waals surface area contributed by atoms with Gasteiger partial charge in [-0.15, -0.1) is 0 Å². The van der Waals surface area contributed by atoms with Crippen molar-refractivity contribution in [2.45, 2.75) is 12.4 Å². The number of hydrogen-bond donors (Lipinski definition) is 0. The third kappa shape index (κ3) is 9.17. The van der Waals surface area contributed by atoms with Crippen molar-refractivity contribution in [2.24, 2.45) is 0 Å². The van der Waals surface area contributed by atoms with Gasteiger partial charge >= 0.3 is 12.4 Å². The fourth-order valence-electron chi connectivity index (χ4n) is 1.48. The Morgan fingerprint density at radius 3 is 1.50 bits per heavy atom. The Kier molecular flexibility index (Phi) is 15.2. The first-order valence-corrected chi connectivity index (χ1v) is 6.34. The van der Waals surface area contributed by atoms with E-state index in [1.165, 1.54) is 0 Å². The first-order valence-electron chi connectivity index (χ1n) is 5.96. The predicted octanol–water partition coefficient (Wildman–Crippen LogP) is 3.64. The van der Waals surface area contributed by atoms with E-state index in [0.717, 1.165) is 12.1 Å². The Morgan fingerprint density at radius 2 is 1.18 bits per heavy atom. The summed E-state index contributed by atoms with van der Waals surface area (Å²) in [5, 5.41) is -0.350. The van der Waals surface area contributed by atoms with E-state index < -0.39 is 23.5 Å². The second kappa shape index (κ2) is 13.9. The summed E-state index contributed by atoms with van der Waals surface area (Å²) in [6.07, 6.45) is -8.06. The van der Waals surface area contributed by atoms with Crippen LogP contribution in [-0.4, -0.2) is 30.3 Å². The minimum Gasteiger partial charge on any atom is -0.281 e. The summed E-state index contributed by atoms with van der Waals surface area (Å²) in [5.74, 6) is 0. The second-order valence-corrected chi connectivity index (χ2v) is 4.39. The van der Waals surface area contributed by atoms with E-state index in [0.29, 0.717) is 18.5 Å². The summed E-state index contributed by atoms with van der Waals surface area (Å²) < 4.78 is 74.5. The minimum absolute atomic E-state index is 0. The van der Waals surface area contributed by atoms with Crippen molar-refractivity contribution < 1.29 is 61.1 Å². The molecule has 0 bridgehead atoms. The second-order valence-electron chi connectivity index (χ2n) is 3.98. The molecule has 2 heterocycles. The Bertz CT molecular complexity index is 710. The molecular weight excluding hydrogens is 592 g/mol. The van der Waals surface area contributed by atoms with Crippen LogP contribution in [0.4, 0.5) is 26.3 Å². The van der Waals surface area contributed by atoms with Crippen LogP contribution in [0.3, 0.4) is 0 Å². The van der Waals surface area contributed by atoms with Gasteiger partial charge < -0.3 is 0 Å². The topological polar surface area (TPSA) is 77.0 Å². The zero-order valence-electron chi connectivity index (χ0n) is 13.0. The monoisotopic (exact) mass is 597 g/mol. The van der Waals surface area contributed by atoms with Crippen molar-refractivity contribution in [3.63, 3.8) is 0 Å². The van der Waals surface area contributed by atoms with Gasteiger partial charge in [0.05, 0.1) is 21.8 Å². The molecule has 28 heavy (non-hydrogen) atoms. The van der Waals surface area contributed by atoms with Crippen molar-refractivity contribution in [3.8, 4) is 11.4 Å². The van der Waals surface area contributed by atoms with Crippen LogP contribution in [0, 0.1) is 0 Å². The van der Waals surface area contributed by atoms with Gasteiger partial charge in [0.15, 0.2) is 0 Å². The van der Waals surface area contributed by atoms with Crippen molar-refractivity contribution in [2.75, 3.05) is 0 Å². The number of hydrogen-bond acceptors (Lipinski definition) is 5. The molecule has 2 aromatic heterocycles. The van der Waals surface area contributed by atoms with Gasteiger partial charge in [0.2, 0.25) is 0 Å². The molecule has 0 spiro atoms. The van der Waals surface area contributed by atoms with Crippen molar-refractivity contribution in [3.05, 3.63) is 46.7 Å². The molecule has 0 amide bonds. The molecule has 7 radical (unpaired) electrons. The van der Waals surface area contributed by atoms with Crippen LogP contribution in [0.2, 0.25) is 5.02 Å². The molecule has 2 rings (SSSR count). The van der Waals surface area contributed by atoms with Gasteiger partial charge in [-0.25, -0.2) is 0 Å². The molecule has 0 aromatic carbocycles. The van der Waals surface area contributed by atoms with Gasteiger partial charge in [-0.1, -0.05) is 11.6 Å². The molecule has 2 aromatic rings. The van der Waals surface area contributed by atoms with E-state index in [1.54, 1.807) is 0 Å². The Balaban J connectivity index is -0.000000815. The zero-order valence-corrected chi connectivity index (χ0v) is 16.5. The first-order chi connectivity index (χ1) is 12.6. The molecule has 149 valence electrons. The fraction of sp³-hybridized carbons (Fsp3) is 0.133. The zero-order chi connectivity index (χ0) is 21.8. The fourth-order valence-corrected chi connectivity index (χ4v) is 1.75. The van der Waals surface area contributed by atoms with Crippen LogP contribution >= 0.6 is 11.6 Å². The number of rotatable bonds is 1. The number of halogens is 7. The maximum Gasteiger partial charge on any atom is 0.417 e. The van der Waals surface area contributed by atoms with Crippen LogP contribution in [0.25, 0.3) is 11.4 Å². The summed E-state index contributed by atoms with van der Waals surface area (Å²) >= 11 is 5.67. The van der Waals surface area contributed by atoms with Gasteiger partial charge in [0.25, 0.3) is 20.4 Å². The molecule has 0 aliphatic carbocycles. The Hall–Kier alpha value is -2.16. The molecular formula is C15H5ClF6N2O3Re. The smallest absolute Gasteiger partial charge is 0.281 e. The summed E-state index contributed by atoms with van der Waals surface area (Å²) in [4.78, 5) is 29.5. The molecule has 0 fully saturated rings. The van der Waals surface area contributed by atoms with Gasteiger partial charge in [-0.3, -0.25) is 24.4 Å². The third-order valence-corrected chi connectivity index (χ3v) is 2.79. The standard InChI is InChI=1S/C12H5ClF6N2.3CO.Re/c13-8-3-7(12(17,18)19)5-21-10(8)9-2-1-6(4-20-9)11(14,15)16;3*1-2;/h1-5H;;;;. The molecule has 0 N–H and O–H groups in total. The van der Waals surface area contributed by atoms with E-state index in [9.17, 15) is 26.3 Å². The quantitative estimate of drug-likeness (QED) is 0.470. The van der Waals surface area contributed by atoms with Crippen LogP contribution in [0.15, 0.2) is 30.6 Å². The summed E-state index contributed by atoms with van der Waals surface area (Å²) in [6.45, 7) is 13.5. The molecule has 0 aliphatic heterocycles. The number of nitrogens with zero attached hydrogens (tertiary/aromatic N) is 2.